The lowest BCUT2D eigenvalue weighted by Gasteiger charge is -2.34. The first-order chi connectivity index (χ1) is 11.8. The van der Waals surface area contributed by atoms with Gasteiger partial charge in [-0.05, 0) is 12.1 Å². The van der Waals surface area contributed by atoms with Gasteiger partial charge in [-0.25, -0.2) is 9.97 Å². The van der Waals surface area contributed by atoms with E-state index in [1.54, 1.807) is 22.7 Å². The van der Waals surface area contributed by atoms with Gasteiger partial charge in [0.25, 0.3) is 0 Å². The Kier molecular flexibility index (Phi) is 4.80. The topological polar surface area (TPSA) is 32.3 Å². The first-order valence-electron chi connectivity index (χ1n) is 7.85. The molecule has 0 spiro atoms. The standard InChI is InChI=1S/C17H17ClN4S2/c18-14-3-1-13(2-4-14)16-20-15(12-24-16)11-21-6-8-22(9-7-21)17-19-5-10-23-17/h1-5,10,12H,6-9,11H2. The summed E-state index contributed by atoms with van der Waals surface area (Å²) in [5, 5.41) is 7.15. The maximum absolute atomic E-state index is 5.95. The number of hydrogen-bond donors (Lipinski definition) is 0. The second kappa shape index (κ2) is 7.19. The van der Waals surface area contributed by atoms with Crippen LogP contribution in [0.4, 0.5) is 5.13 Å². The van der Waals surface area contributed by atoms with Crippen LogP contribution in [0.2, 0.25) is 5.02 Å². The number of piperazine rings is 1. The Bertz CT molecular complexity index is 777. The summed E-state index contributed by atoms with van der Waals surface area (Å²) in [5.74, 6) is 0. The molecule has 0 atom stereocenters. The average Bonchev–Trinajstić information content (AvgIpc) is 3.28. The SMILES string of the molecule is Clc1ccc(-c2nc(CN3CCN(c4nccs4)CC3)cs2)cc1. The molecular weight excluding hydrogens is 360 g/mol. The van der Waals surface area contributed by atoms with Crippen molar-refractivity contribution in [2.45, 2.75) is 6.54 Å². The van der Waals surface area contributed by atoms with Gasteiger partial charge in [-0.3, -0.25) is 4.90 Å². The number of thiazole rings is 2. The monoisotopic (exact) mass is 376 g/mol. The fraction of sp³-hybridized carbons (Fsp3) is 0.294. The fourth-order valence-electron chi connectivity index (χ4n) is 2.80. The number of aromatic nitrogens is 2. The van der Waals surface area contributed by atoms with E-state index in [1.807, 2.05) is 35.8 Å². The van der Waals surface area contributed by atoms with Gasteiger partial charge in [0, 0.05) is 60.3 Å². The van der Waals surface area contributed by atoms with Crippen LogP contribution in [0, 0.1) is 0 Å². The predicted octanol–water partition coefficient (Wildman–Crippen LogP) is 4.24. The predicted molar refractivity (Wildman–Crippen MR) is 102 cm³/mol. The van der Waals surface area contributed by atoms with E-state index < -0.39 is 0 Å². The highest BCUT2D eigenvalue weighted by molar-refractivity contribution is 7.13. The summed E-state index contributed by atoms with van der Waals surface area (Å²) in [4.78, 5) is 14.0. The molecule has 1 aromatic carbocycles. The summed E-state index contributed by atoms with van der Waals surface area (Å²) < 4.78 is 0. The number of benzene rings is 1. The molecule has 0 N–H and O–H groups in total. The molecule has 4 nitrogen and oxygen atoms in total. The van der Waals surface area contributed by atoms with Crippen molar-refractivity contribution >= 4 is 39.4 Å². The van der Waals surface area contributed by atoms with E-state index in [-0.39, 0.29) is 0 Å². The van der Waals surface area contributed by atoms with Gasteiger partial charge in [-0.1, -0.05) is 23.7 Å². The third-order valence-electron chi connectivity index (χ3n) is 4.09. The lowest BCUT2D eigenvalue weighted by Crippen LogP contribution is -2.45. The van der Waals surface area contributed by atoms with Crippen LogP contribution in [0.25, 0.3) is 10.6 Å². The maximum atomic E-state index is 5.95. The fourth-order valence-corrected chi connectivity index (χ4v) is 4.44. The van der Waals surface area contributed by atoms with Gasteiger partial charge in [-0.15, -0.1) is 22.7 Å². The minimum absolute atomic E-state index is 0.758. The smallest absolute Gasteiger partial charge is 0.185 e. The molecule has 1 aliphatic rings. The molecule has 0 saturated carbocycles. The summed E-state index contributed by atoms with van der Waals surface area (Å²) in [6.45, 7) is 5.07. The van der Waals surface area contributed by atoms with Gasteiger partial charge in [0.15, 0.2) is 5.13 Å². The van der Waals surface area contributed by atoms with E-state index in [0.29, 0.717) is 0 Å². The Labute approximate surface area is 154 Å². The van der Waals surface area contributed by atoms with Crippen molar-refractivity contribution in [3.05, 3.63) is 51.9 Å². The van der Waals surface area contributed by atoms with E-state index >= 15 is 0 Å². The molecule has 0 radical (unpaired) electrons. The number of anilines is 1. The number of nitrogens with zero attached hydrogens (tertiary/aromatic N) is 4. The molecule has 0 unspecified atom stereocenters. The second-order valence-electron chi connectivity index (χ2n) is 5.73. The molecule has 1 aliphatic heterocycles. The van der Waals surface area contributed by atoms with Gasteiger partial charge in [-0.2, -0.15) is 0 Å². The highest BCUT2D eigenvalue weighted by Gasteiger charge is 2.19. The van der Waals surface area contributed by atoms with Gasteiger partial charge < -0.3 is 4.90 Å². The highest BCUT2D eigenvalue weighted by atomic mass is 35.5. The van der Waals surface area contributed by atoms with Crippen LogP contribution < -0.4 is 4.90 Å². The van der Waals surface area contributed by atoms with E-state index in [2.05, 4.69) is 20.2 Å². The van der Waals surface area contributed by atoms with Crippen molar-refractivity contribution in [2.75, 3.05) is 31.1 Å². The third-order valence-corrected chi connectivity index (χ3v) is 6.11. The van der Waals surface area contributed by atoms with Gasteiger partial charge in [0.2, 0.25) is 0 Å². The number of rotatable bonds is 4. The van der Waals surface area contributed by atoms with Gasteiger partial charge in [0.1, 0.15) is 5.01 Å². The van der Waals surface area contributed by atoms with E-state index in [4.69, 9.17) is 16.6 Å². The summed E-state index contributed by atoms with van der Waals surface area (Å²) in [6, 6.07) is 7.88. The molecule has 0 amide bonds. The van der Waals surface area contributed by atoms with Crippen LogP contribution in [-0.2, 0) is 6.54 Å². The van der Waals surface area contributed by atoms with Crippen LogP contribution in [-0.4, -0.2) is 41.0 Å². The number of halogens is 1. The Morgan fingerprint density at radius 1 is 1.04 bits per heavy atom. The summed E-state index contributed by atoms with van der Waals surface area (Å²) >= 11 is 9.36. The summed E-state index contributed by atoms with van der Waals surface area (Å²) in [6.07, 6.45) is 1.87. The van der Waals surface area contributed by atoms with Gasteiger partial charge >= 0.3 is 0 Å². The first kappa shape index (κ1) is 16.0. The zero-order valence-corrected chi connectivity index (χ0v) is 15.4. The Hall–Kier alpha value is -1.47. The lowest BCUT2D eigenvalue weighted by molar-refractivity contribution is 0.247. The van der Waals surface area contributed by atoms with Crippen LogP contribution >= 0.6 is 34.3 Å². The molecule has 7 heteroatoms. The summed E-state index contributed by atoms with van der Waals surface area (Å²) in [5.41, 5.74) is 2.27. The van der Waals surface area contributed by atoms with Crippen molar-refractivity contribution in [1.29, 1.82) is 0 Å². The quantitative estimate of drug-likeness (QED) is 0.681. The zero-order chi connectivity index (χ0) is 16.4. The van der Waals surface area contributed by atoms with Crippen molar-refractivity contribution in [1.82, 2.24) is 14.9 Å². The van der Waals surface area contributed by atoms with Crippen LogP contribution in [0.3, 0.4) is 0 Å². The molecule has 24 heavy (non-hydrogen) atoms. The molecule has 4 rings (SSSR count). The Morgan fingerprint density at radius 3 is 2.54 bits per heavy atom. The molecule has 0 bridgehead atoms. The minimum atomic E-state index is 0.758. The largest absolute Gasteiger partial charge is 0.346 e. The minimum Gasteiger partial charge on any atom is -0.346 e. The normalized spacial score (nSPS) is 15.8. The number of hydrogen-bond acceptors (Lipinski definition) is 6. The first-order valence-corrected chi connectivity index (χ1v) is 9.99. The highest BCUT2D eigenvalue weighted by Crippen LogP contribution is 2.26. The van der Waals surface area contributed by atoms with Crippen molar-refractivity contribution in [3.8, 4) is 10.6 Å². The van der Waals surface area contributed by atoms with Crippen molar-refractivity contribution < 1.29 is 0 Å². The molecule has 3 heterocycles. The van der Waals surface area contributed by atoms with E-state index in [0.717, 1.165) is 59.1 Å². The molecule has 124 valence electrons. The Balaban J connectivity index is 1.36. The van der Waals surface area contributed by atoms with Gasteiger partial charge in [0.05, 0.1) is 5.69 Å². The lowest BCUT2D eigenvalue weighted by atomic mass is 10.2. The van der Waals surface area contributed by atoms with Crippen LogP contribution in [0.15, 0.2) is 41.2 Å². The summed E-state index contributed by atoms with van der Waals surface area (Å²) in [7, 11) is 0. The molecular formula is C17H17ClN4S2. The van der Waals surface area contributed by atoms with Crippen LogP contribution in [0.1, 0.15) is 5.69 Å². The maximum Gasteiger partial charge on any atom is 0.185 e. The molecule has 0 aliphatic carbocycles. The molecule has 1 saturated heterocycles. The second-order valence-corrected chi connectivity index (χ2v) is 7.90. The zero-order valence-electron chi connectivity index (χ0n) is 13.1. The van der Waals surface area contributed by atoms with Crippen molar-refractivity contribution in [3.63, 3.8) is 0 Å². The molecule has 1 fully saturated rings. The molecule has 2 aromatic heterocycles. The van der Waals surface area contributed by atoms with E-state index in [1.165, 1.54) is 0 Å². The van der Waals surface area contributed by atoms with Crippen LogP contribution in [0.5, 0.6) is 0 Å². The van der Waals surface area contributed by atoms with Crippen molar-refractivity contribution in [2.24, 2.45) is 0 Å². The Morgan fingerprint density at radius 2 is 1.83 bits per heavy atom. The molecule has 3 aromatic rings. The average molecular weight is 377 g/mol. The van der Waals surface area contributed by atoms with E-state index in [9.17, 15) is 0 Å². The third kappa shape index (κ3) is 3.62.